The van der Waals surface area contributed by atoms with Gasteiger partial charge in [-0.25, -0.2) is 0 Å². The highest BCUT2D eigenvalue weighted by Crippen LogP contribution is 2.33. The maximum Gasteiger partial charge on any atom is 0.0371 e. The van der Waals surface area contributed by atoms with E-state index in [1.54, 1.807) is 0 Å². The Morgan fingerprint density at radius 2 is 1.86 bits per heavy atom. The highest BCUT2D eigenvalue weighted by atomic mass is 15.2. The van der Waals surface area contributed by atoms with Crippen molar-refractivity contribution >= 4 is 5.69 Å². The van der Waals surface area contributed by atoms with Gasteiger partial charge in [0.25, 0.3) is 0 Å². The van der Waals surface area contributed by atoms with Crippen LogP contribution in [0.3, 0.4) is 0 Å². The molecule has 0 saturated heterocycles. The Morgan fingerprint density at radius 3 is 2.38 bits per heavy atom. The molecule has 1 aliphatic carbocycles. The first-order valence-electron chi connectivity index (χ1n) is 8.54. The minimum absolute atomic E-state index is 0.709. The van der Waals surface area contributed by atoms with Gasteiger partial charge in [-0.15, -0.1) is 0 Å². The van der Waals surface area contributed by atoms with E-state index in [-0.39, 0.29) is 0 Å². The van der Waals surface area contributed by atoms with Crippen LogP contribution in [-0.2, 0) is 6.54 Å². The first-order valence-corrected chi connectivity index (χ1v) is 8.54. The second-order valence-corrected chi connectivity index (χ2v) is 7.41. The molecule has 0 bridgehead atoms. The van der Waals surface area contributed by atoms with E-state index in [2.05, 4.69) is 63.0 Å². The fourth-order valence-corrected chi connectivity index (χ4v) is 2.80. The normalized spacial score (nSPS) is 15.0. The molecule has 0 radical (unpaired) electrons. The fraction of sp³-hybridized carbons (Fsp3) is 0.684. The van der Waals surface area contributed by atoms with E-state index in [1.165, 1.54) is 36.2 Å². The second-order valence-electron chi connectivity index (χ2n) is 7.41. The molecular formula is C19H32N2. The molecule has 0 spiro atoms. The summed E-state index contributed by atoms with van der Waals surface area (Å²) in [6, 6.07) is 7.80. The summed E-state index contributed by atoms with van der Waals surface area (Å²) in [6.07, 6.45) is 2.73. The number of benzene rings is 1. The lowest BCUT2D eigenvalue weighted by molar-refractivity contribution is 0.551. The summed E-state index contributed by atoms with van der Waals surface area (Å²) in [7, 11) is 0. The van der Waals surface area contributed by atoms with Gasteiger partial charge in [-0.3, -0.25) is 0 Å². The van der Waals surface area contributed by atoms with Gasteiger partial charge in [0.2, 0.25) is 0 Å². The van der Waals surface area contributed by atoms with Crippen LogP contribution in [-0.4, -0.2) is 19.1 Å². The van der Waals surface area contributed by atoms with Gasteiger partial charge in [0.1, 0.15) is 0 Å². The smallest absolute Gasteiger partial charge is 0.0371 e. The zero-order chi connectivity index (χ0) is 15.4. The predicted octanol–water partition coefficient (Wildman–Crippen LogP) is 4.37. The number of nitrogens with zero attached hydrogens (tertiary/aromatic N) is 1. The molecule has 0 aromatic heterocycles. The molecule has 1 fully saturated rings. The van der Waals surface area contributed by atoms with Crippen molar-refractivity contribution in [1.29, 1.82) is 0 Å². The first kappa shape index (κ1) is 16.4. The molecule has 2 rings (SSSR count). The number of anilines is 1. The summed E-state index contributed by atoms with van der Waals surface area (Å²) < 4.78 is 0. The third kappa shape index (κ3) is 5.03. The first-order chi connectivity index (χ1) is 9.97. The molecule has 0 unspecified atom stereocenters. The molecule has 1 saturated carbocycles. The Balaban J connectivity index is 2.02. The van der Waals surface area contributed by atoms with E-state index in [9.17, 15) is 0 Å². The van der Waals surface area contributed by atoms with Crippen molar-refractivity contribution in [3.63, 3.8) is 0 Å². The van der Waals surface area contributed by atoms with Crippen molar-refractivity contribution in [1.82, 2.24) is 5.32 Å². The average Bonchev–Trinajstić information content (AvgIpc) is 3.21. The third-order valence-corrected chi connectivity index (χ3v) is 4.08. The molecule has 1 aromatic rings. The number of rotatable bonds is 8. The van der Waals surface area contributed by atoms with E-state index < -0.39 is 0 Å². The average molecular weight is 288 g/mol. The predicted molar refractivity (Wildman–Crippen MR) is 92.9 cm³/mol. The maximum absolute atomic E-state index is 3.54. The van der Waals surface area contributed by atoms with Crippen LogP contribution >= 0.6 is 0 Å². The molecule has 1 N–H and O–H groups in total. The van der Waals surface area contributed by atoms with Crippen LogP contribution in [0.2, 0.25) is 0 Å². The number of aryl methyl sites for hydroxylation is 1. The molecule has 21 heavy (non-hydrogen) atoms. The monoisotopic (exact) mass is 288 g/mol. The molecule has 1 aliphatic rings. The highest BCUT2D eigenvalue weighted by molar-refractivity contribution is 5.52. The quantitative estimate of drug-likeness (QED) is 0.764. The van der Waals surface area contributed by atoms with E-state index >= 15 is 0 Å². The molecule has 2 heteroatoms. The molecule has 1 aromatic carbocycles. The van der Waals surface area contributed by atoms with Crippen LogP contribution in [0.4, 0.5) is 5.69 Å². The van der Waals surface area contributed by atoms with Gasteiger partial charge >= 0.3 is 0 Å². The van der Waals surface area contributed by atoms with Crippen LogP contribution in [0, 0.1) is 18.8 Å². The van der Waals surface area contributed by atoms with E-state index in [0.717, 1.165) is 25.0 Å². The molecule has 118 valence electrons. The van der Waals surface area contributed by atoms with Crippen LogP contribution in [0.5, 0.6) is 0 Å². The van der Waals surface area contributed by atoms with Crippen molar-refractivity contribution in [3.05, 3.63) is 29.3 Å². The Labute approximate surface area is 130 Å². The molecule has 0 aliphatic heterocycles. The van der Waals surface area contributed by atoms with Crippen molar-refractivity contribution in [2.45, 2.75) is 60.0 Å². The number of hydrogen-bond donors (Lipinski definition) is 1. The van der Waals surface area contributed by atoms with Gasteiger partial charge in [-0.1, -0.05) is 33.8 Å². The lowest BCUT2D eigenvalue weighted by atomic mass is 10.1. The molecule has 2 nitrogen and oxygen atoms in total. The van der Waals surface area contributed by atoms with Gasteiger partial charge < -0.3 is 10.2 Å². The lowest BCUT2D eigenvalue weighted by Gasteiger charge is -2.27. The zero-order valence-electron chi connectivity index (χ0n) is 14.4. The van der Waals surface area contributed by atoms with Crippen LogP contribution < -0.4 is 10.2 Å². The lowest BCUT2D eigenvalue weighted by Crippen LogP contribution is -2.30. The number of hydrogen-bond acceptors (Lipinski definition) is 2. The van der Waals surface area contributed by atoms with Crippen molar-refractivity contribution in [2.24, 2.45) is 11.8 Å². The Hall–Kier alpha value is -1.02. The summed E-state index contributed by atoms with van der Waals surface area (Å²) in [6.45, 7) is 14.6. The van der Waals surface area contributed by atoms with Crippen molar-refractivity contribution < 1.29 is 0 Å². The summed E-state index contributed by atoms with van der Waals surface area (Å²) in [5.74, 6) is 1.43. The SMILES string of the molecule is Cc1cc(N(CC(C)C)C2CC2)ccc1CNCC(C)C. The van der Waals surface area contributed by atoms with E-state index in [4.69, 9.17) is 0 Å². The highest BCUT2D eigenvalue weighted by Gasteiger charge is 2.29. The summed E-state index contributed by atoms with van der Waals surface area (Å²) >= 11 is 0. The molecule has 0 amide bonds. The second kappa shape index (κ2) is 7.31. The van der Waals surface area contributed by atoms with Gasteiger partial charge in [0.15, 0.2) is 0 Å². The molecular weight excluding hydrogens is 256 g/mol. The standard InChI is InChI=1S/C19H32N2/c1-14(2)11-20-12-17-6-7-19(10-16(17)5)21(13-15(3)4)18-8-9-18/h6-7,10,14-15,18,20H,8-9,11-13H2,1-5H3. The van der Waals surface area contributed by atoms with E-state index in [0.29, 0.717) is 5.92 Å². The van der Waals surface area contributed by atoms with Crippen LogP contribution in [0.1, 0.15) is 51.7 Å². The van der Waals surface area contributed by atoms with Crippen molar-refractivity contribution in [3.8, 4) is 0 Å². The third-order valence-electron chi connectivity index (χ3n) is 4.08. The Morgan fingerprint density at radius 1 is 1.14 bits per heavy atom. The van der Waals surface area contributed by atoms with Gasteiger partial charge in [-0.05, 0) is 61.4 Å². The maximum atomic E-state index is 3.54. The molecule has 0 heterocycles. The van der Waals surface area contributed by atoms with Crippen LogP contribution in [0.25, 0.3) is 0 Å². The van der Waals surface area contributed by atoms with Gasteiger partial charge in [0.05, 0.1) is 0 Å². The van der Waals surface area contributed by atoms with Gasteiger partial charge in [-0.2, -0.15) is 0 Å². The van der Waals surface area contributed by atoms with Gasteiger partial charge in [0, 0.05) is 24.8 Å². The Bertz CT molecular complexity index is 447. The fourth-order valence-electron chi connectivity index (χ4n) is 2.80. The summed E-state index contributed by atoms with van der Waals surface area (Å²) in [5, 5.41) is 3.54. The molecule has 0 atom stereocenters. The number of nitrogens with one attached hydrogen (secondary N) is 1. The summed E-state index contributed by atoms with van der Waals surface area (Å²) in [4.78, 5) is 2.61. The van der Waals surface area contributed by atoms with E-state index in [1.807, 2.05) is 0 Å². The summed E-state index contributed by atoms with van der Waals surface area (Å²) in [5.41, 5.74) is 4.26. The van der Waals surface area contributed by atoms with Crippen molar-refractivity contribution in [2.75, 3.05) is 18.0 Å². The largest absolute Gasteiger partial charge is 0.368 e. The Kier molecular flexibility index (Phi) is 5.69. The minimum Gasteiger partial charge on any atom is -0.368 e. The van der Waals surface area contributed by atoms with Crippen LogP contribution in [0.15, 0.2) is 18.2 Å². The zero-order valence-corrected chi connectivity index (χ0v) is 14.4. The minimum atomic E-state index is 0.709. The topological polar surface area (TPSA) is 15.3 Å².